The van der Waals surface area contributed by atoms with Crippen molar-refractivity contribution in [2.45, 2.75) is 25.0 Å². The van der Waals surface area contributed by atoms with Gasteiger partial charge in [0.25, 0.3) is 5.91 Å². The molecule has 0 spiro atoms. The predicted octanol–water partition coefficient (Wildman–Crippen LogP) is 4.18. The van der Waals surface area contributed by atoms with Crippen molar-refractivity contribution >= 4 is 27.5 Å². The smallest absolute Gasteiger partial charge is 0.258 e. The molecule has 0 saturated heterocycles. The van der Waals surface area contributed by atoms with Crippen LogP contribution in [0.5, 0.6) is 0 Å². The zero-order valence-electron chi connectivity index (χ0n) is 11.4. The van der Waals surface area contributed by atoms with E-state index in [2.05, 4.69) is 27.3 Å². The minimum Gasteiger partial charge on any atom is -0.361 e. The standard InChI is InChI=1S/C17H15BrN2O/c18-14-7-3-1-5-12(14)16-19-15-8-4-2-6-13(15)17(21)20(16)11-9-10-11/h1-8,11,16,19H,9-10H2. The molecule has 0 aromatic heterocycles. The molecule has 1 N–H and O–H groups in total. The Morgan fingerprint density at radius 3 is 2.52 bits per heavy atom. The van der Waals surface area contributed by atoms with E-state index in [1.54, 1.807) is 0 Å². The Morgan fingerprint density at radius 1 is 1.05 bits per heavy atom. The lowest BCUT2D eigenvalue weighted by Gasteiger charge is -2.38. The van der Waals surface area contributed by atoms with Crippen molar-refractivity contribution in [2.24, 2.45) is 0 Å². The molecule has 1 saturated carbocycles. The minimum atomic E-state index is -0.101. The summed E-state index contributed by atoms with van der Waals surface area (Å²) in [6.07, 6.45) is 2.09. The van der Waals surface area contributed by atoms with Crippen LogP contribution in [0.15, 0.2) is 53.0 Å². The summed E-state index contributed by atoms with van der Waals surface area (Å²) >= 11 is 3.61. The zero-order chi connectivity index (χ0) is 14.4. The molecule has 4 heteroatoms. The van der Waals surface area contributed by atoms with Gasteiger partial charge in [-0.3, -0.25) is 4.79 Å². The van der Waals surface area contributed by atoms with E-state index in [-0.39, 0.29) is 12.1 Å². The quantitative estimate of drug-likeness (QED) is 0.887. The number of fused-ring (bicyclic) bond motifs is 1. The summed E-state index contributed by atoms with van der Waals surface area (Å²) in [5.74, 6) is 0.132. The molecule has 106 valence electrons. The molecule has 0 radical (unpaired) electrons. The van der Waals surface area contributed by atoms with Gasteiger partial charge in [-0.25, -0.2) is 0 Å². The van der Waals surface area contributed by atoms with Gasteiger partial charge in [-0.1, -0.05) is 46.3 Å². The number of halogens is 1. The number of nitrogens with one attached hydrogen (secondary N) is 1. The number of para-hydroxylation sites is 1. The lowest BCUT2D eigenvalue weighted by molar-refractivity contribution is 0.0666. The third kappa shape index (κ3) is 2.14. The largest absolute Gasteiger partial charge is 0.361 e. The molecule has 0 bridgehead atoms. The molecular formula is C17H15BrN2O. The first-order chi connectivity index (χ1) is 10.3. The third-order valence-corrected chi connectivity index (χ3v) is 4.82. The fourth-order valence-corrected chi connectivity index (χ4v) is 3.42. The van der Waals surface area contributed by atoms with Gasteiger partial charge in [0.15, 0.2) is 0 Å². The van der Waals surface area contributed by atoms with Crippen LogP contribution in [0.4, 0.5) is 5.69 Å². The number of benzene rings is 2. The summed E-state index contributed by atoms with van der Waals surface area (Å²) in [4.78, 5) is 14.9. The highest BCUT2D eigenvalue weighted by Gasteiger charge is 2.42. The topological polar surface area (TPSA) is 32.3 Å². The lowest BCUT2D eigenvalue weighted by Crippen LogP contribution is -2.44. The van der Waals surface area contributed by atoms with Crippen molar-refractivity contribution in [2.75, 3.05) is 5.32 Å². The van der Waals surface area contributed by atoms with Gasteiger partial charge in [-0.05, 0) is 31.0 Å². The molecule has 1 unspecified atom stereocenters. The van der Waals surface area contributed by atoms with Gasteiger partial charge in [0.05, 0.1) is 5.56 Å². The Bertz CT molecular complexity index is 711. The Hall–Kier alpha value is -1.81. The maximum atomic E-state index is 12.9. The number of rotatable bonds is 2. The first-order valence-corrected chi connectivity index (χ1v) is 7.97. The third-order valence-electron chi connectivity index (χ3n) is 4.10. The molecule has 1 aliphatic carbocycles. The van der Waals surface area contributed by atoms with Crippen LogP contribution < -0.4 is 5.32 Å². The van der Waals surface area contributed by atoms with Gasteiger partial charge in [-0.2, -0.15) is 0 Å². The Balaban J connectivity index is 1.83. The molecule has 1 amide bonds. The first-order valence-electron chi connectivity index (χ1n) is 7.18. The van der Waals surface area contributed by atoms with E-state index >= 15 is 0 Å². The van der Waals surface area contributed by atoms with Crippen LogP contribution in [0.25, 0.3) is 0 Å². The second-order valence-corrected chi connectivity index (χ2v) is 6.41. The van der Waals surface area contributed by atoms with E-state index in [9.17, 15) is 4.79 Å². The van der Waals surface area contributed by atoms with E-state index in [1.165, 1.54) is 0 Å². The van der Waals surface area contributed by atoms with Crippen molar-refractivity contribution in [3.05, 3.63) is 64.1 Å². The zero-order valence-corrected chi connectivity index (χ0v) is 13.0. The summed E-state index contributed by atoms with van der Waals surface area (Å²) in [5.41, 5.74) is 2.79. The van der Waals surface area contributed by atoms with Gasteiger partial charge in [-0.15, -0.1) is 0 Å². The summed E-state index contributed by atoms with van der Waals surface area (Å²) in [5, 5.41) is 3.53. The molecule has 2 aromatic carbocycles. The summed E-state index contributed by atoms with van der Waals surface area (Å²) < 4.78 is 1.03. The van der Waals surface area contributed by atoms with E-state index < -0.39 is 0 Å². The highest BCUT2D eigenvalue weighted by Crippen LogP contribution is 2.42. The molecule has 1 aliphatic heterocycles. The van der Waals surface area contributed by atoms with Gasteiger partial charge >= 0.3 is 0 Å². The molecule has 1 heterocycles. The molecule has 1 fully saturated rings. The SMILES string of the molecule is O=C1c2ccccc2NC(c2ccccc2Br)N1C1CC1. The molecule has 1 atom stereocenters. The van der Waals surface area contributed by atoms with E-state index in [0.29, 0.717) is 6.04 Å². The van der Waals surface area contributed by atoms with Crippen molar-refractivity contribution in [1.29, 1.82) is 0 Å². The van der Waals surface area contributed by atoms with Crippen LogP contribution in [0.2, 0.25) is 0 Å². The van der Waals surface area contributed by atoms with E-state index in [0.717, 1.165) is 34.1 Å². The molecule has 4 rings (SSSR count). The van der Waals surface area contributed by atoms with E-state index in [1.807, 2.05) is 47.4 Å². The average Bonchev–Trinajstić information content (AvgIpc) is 3.32. The predicted molar refractivity (Wildman–Crippen MR) is 86.1 cm³/mol. The van der Waals surface area contributed by atoms with Crippen molar-refractivity contribution < 1.29 is 4.79 Å². The second kappa shape index (κ2) is 4.88. The summed E-state index contributed by atoms with van der Waals surface area (Å²) in [7, 11) is 0. The Labute approximate surface area is 132 Å². The second-order valence-electron chi connectivity index (χ2n) is 5.56. The number of anilines is 1. The number of carbonyl (C=O) groups is 1. The summed E-state index contributed by atoms with van der Waals surface area (Å²) in [6, 6.07) is 16.2. The number of amides is 1. The van der Waals surface area contributed by atoms with Crippen LogP contribution in [-0.4, -0.2) is 16.8 Å². The lowest BCUT2D eigenvalue weighted by atomic mass is 10.0. The van der Waals surface area contributed by atoms with Crippen LogP contribution in [-0.2, 0) is 0 Å². The van der Waals surface area contributed by atoms with Crippen molar-refractivity contribution in [3.8, 4) is 0 Å². The number of carbonyl (C=O) groups excluding carboxylic acids is 1. The normalized spacial score (nSPS) is 20.9. The Morgan fingerprint density at radius 2 is 1.76 bits per heavy atom. The maximum Gasteiger partial charge on any atom is 0.258 e. The fourth-order valence-electron chi connectivity index (χ4n) is 2.92. The van der Waals surface area contributed by atoms with Crippen LogP contribution in [0, 0.1) is 0 Å². The number of nitrogens with zero attached hydrogens (tertiary/aromatic N) is 1. The van der Waals surface area contributed by atoms with Crippen LogP contribution in [0.1, 0.15) is 34.9 Å². The average molecular weight is 343 g/mol. The van der Waals surface area contributed by atoms with Crippen molar-refractivity contribution in [1.82, 2.24) is 4.90 Å². The van der Waals surface area contributed by atoms with Gasteiger partial charge in [0.1, 0.15) is 6.17 Å². The molecule has 21 heavy (non-hydrogen) atoms. The highest BCUT2D eigenvalue weighted by molar-refractivity contribution is 9.10. The fraction of sp³-hybridized carbons (Fsp3) is 0.235. The molecule has 3 nitrogen and oxygen atoms in total. The highest BCUT2D eigenvalue weighted by atomic mass is 79.9. The van der Waals surface area contributed by atoms with Gasteiger partial charge in [0, 0.05) is 21.8 Å². The monoisotopic (exact) mass is 342 g/mol. The van der Waals surface area contributed by atoms with Crippen molar-refractivity contribution in [3.63, 3.8) is 0 Å². The van der Waals surface area contributed by atoms with E-state index in [4.69, 9.17) is 0 Å². The Kier molecular flexibility index (Phi) is 3.00. The van der Waals surface area contributed by atoms with Gasteiger partial charge < -0.3 is 10.2 Å². The summed E-state index contributed by atoms with van der Waals surface area (Å²) in [6.45, 7) is 0. The molecule has 2 aromatic rings. The maximum absolute atomic E-state index is 12.9. The first kappa shape index (κ1) is 12.9. The number of hydrogen-bond acceptors (Lipinski definition) is 2. The molecule has 2 aliphatic rings. The van der Waals surface area contributed by atoms with Crippen LogP contribution in [0.3, 0.4) is 0 Å². The minimum absolute atomic E-state index is 0.101. The van der Waals surface area contributed by atoms with Gasteiger partial charge in [0.2, 0.25) is 0 Å². The van der Waals surface area contributed by atoms with Crippen LogP contribution >= 0.6 is 15.9 Å². The number of hydrogen-bond donors (Lipinski definition) is 1. The molecular weight excluding hydrogens is 328 g/mol.